The van der Waals surface area contributed by atoms with Crippen LogP contribution >= 0.6 is 11.8 Å². The van der Waals surface area contributed by atoms with Crippen LogP contribution in [0.5, 0.6) is 5.75 Å². The highest BCUT2D eigenvalue weighted by atomic mass is 32.2. The first kappa shape index (κ1) is 14.8. The third-order valence-corrected chi connectivity index (χ3v) is 4.47. The lowest BCUT2D eigenvalue weighted by molar-refractivity contribution is 0.415. The smallest absolute Gasteiger partial charge is 0.185 e. The zero-order chi connectivity index (χ0) is 16.4. The fraction of sp³-hybridized carbons (Fsp3) is 0.118. The number of rotatable bonds is 5. The van der Waals surface area contributed by atoms with Crippen molar-refractivity contribution >= 4 is 17.4 Å². The van der Waals surface area contributed by atoms with Gasteiger partial charge in [-0.05, 0) is 48.5 Å². The van der Waals surface area contributed by atoms with Crippen LogP contribution in [0.1, 0.15) is 5.76 Å². The molecule has 0 spiro atoms. The molecule has 0 atom stereocenters. The molecule has 0 saturated carbocycles. The number of methoxy groups -OCH3 is 1. The average molecular weight is 338 g/mol. The van der Waals surface area contributed by atoms with E-state index in [-0.39, 0.29) is 0 Å². The highest BCUT2D eigenvalue weighted by Gasteiger charge is 2.10. The van der Waals surface area contributed by atoms with Gasteiger partial charge in [0.1, 0.15) is 16.5 Å². The Labute approximate surface area is 142 Å². The van der Waals surface area contributed by atoms with Crippen molar-refractivity contribution in [2.45, 2.75) is 10.8 Å². The molecular formula is C17H14N4O2S. The van der Waals surface area contributed by atoms with Crippen molar-refractivity contribution in [3.8, 4) is 17.1 Å². The van der Waals surface area contributed by atoms with Gasteiger partial charge in [-0.2, -0.15) is 9.61 Å². The molecule has 0 amide bonds. The lowest BCUT2D eigenvalue weighted by Gasteiger charge is -2.03. The molecule has 0 fully saturated rings. The predicted octanol–water partition coefficient (Wildman–Crippen LogP) is 3.69. The molecule has 3 aromatic heterocycles. The van der Waals surface area contributed by atoms with Gasteiger partial charge in [-0.15, -0.1) is 10.2 Å². The Balaban J connectivity index is 1.64. The van der Waals surface area contributed by atoms with Crippen molar-refractivity contribution in [2.24, 2.45) is 0 Å². The molecule has 4 aromatic rings. The van der Waals surface area contributed by atoms with Crippen molar-refractivity contribution in [3.05, 3.63) is 60.6 Å². The number of hydrogen-bond donors (Lipinski definition) is 0. The maximum atomic E-state index is 5.35. The average Bonchev–Trinajstić information content (AvgIpc) is 3.29. The van der Waals surface area contributed by atoms with Gasteiger partial charge in [0.2, 0.25) is 0 Å². The van der Waals surface area contributed by atoms with Crippen molar-refractivity contribution in [2.75, 3.05) is 7.11 Å². The van der Waals surface area contributed by atoms with Crippen LogP contribution in [0.2, 0.25) is 0 Å². The van der Waals surface area contributed by atoms with E-state index in [1.807, 2.05) is 48.5 Å². The zero-order valence-corrected chi connectivity index (χ0v) is 13.7. The molecule has 0 saturated heterocycles. The van der Waals surface area contributed by atoms with E-state index in [4.69, 9.17) is 9.15 Å². The quantitative estimate of drug-likeness (QED) is 0.517. The molecular weight excluding hydrogens is 324 g/mol. The molecule has 7 heteroatoms. The van der Waals surface area contributed by atoms with Crippen LogP contribution in [-0.2, 0) is 5.75 Å². The summed E-state index contributed by atoms with van der Waals surface area (Å²) in [6.07, 6.45) is 1.67. The normalized spacial score (nSPS) is 11.0. The fourth-order valence-electron chi connectivity index (χ4n) is 2.31. The van der Waals surface area contributed by atoms with E-state index in [9.17, 15) is 0 Å². The molecule has 0 N–H and O–H groups in total. The number of furan rings is 1. The molecule has 24 heavy (non-hydrogen) atoms. The van der Waals surface area contributed by atoms with Crippen LogP contribution in [0.15, 0.2) is 64.2 Å². The Morgan fingerprint density at radius 2 is 1.96 bits per heavy atom. The summed E-state index contributed by atoms with van der Waals surface area (Å²) in [6, 6.07) is 15.4. The second kappa shape index (κ2) is 6.37. The molecule has 0 aliphatic heterocycles. The number of aromatic nitrogens is 4. The molecule has 1 aromatic carbocycles. The second-order valence-corrected chi connectivity index (χ2v) is 6.06. The van der Waals surface area contributed by atoms with E-state index >= 15 is 0 Å². The van der Waals surface area contributed by atoms with Crippen molar-refractivity contribution < 1.29 is 9.15 Å². The molecule has 0 aliphatic carbocycles. The van der Waals surface area contributed by atoms with E-state index in [0.29, 0.717) is 11.5 Å². The summed E-state index contributed by atoms with van der Waals surface area (Å²) in [5.41, 5.74) is 1.65. The maximum Gasteiger partial charge on any atom is 0.185 e. The van der Waals surface area contributed by atoms with Crippen LogP contribution in [0.25, 0.3) is 17.0 Å². The fourth-order valence-corrected chi connectivity index (χ4v) is 3.07. The standard InChI is InChI=1S/C17H14N4O2S/c1-22-13-6-4-12(5-7-13)17-19-18-15-8-9-16(20-21(15)17)24-11-14-3-2-10-23-14/h2-10H,11H2,1H3. The van der Waals surface area contributed by atoms with E-state index in [1.165, 1.54) is 0 Å². The van der Waals surface area contributed by atoms with Crippen molar-refractivity contribution in [3.63, 3.8) is 0 Å². The van der Waals surface area contributed by atoms with Crippen LogP contribution in [-0.4, -0.2) is 26.9 Å². The summed E-state index contributed by atoms with van der Waals surface area (Å²) in [5, 5.41) is 14.0. The van der Waals surface area contributed by atoms with Gasteiger partial charge in [0, 0.05) is 5.56 Å². The van der Waals surface area contributed by atoms with Crippen LogP contribution in [0.4, 0.5) is 0 Å². The minimum Gasteiger partial charge on any atom is -0.497 e. The van der Waals surface area contributed by atoms with Crippen molar-refractivity contribution in [1.29, 1.82) is 0 Å². The van der Waals surface area contributed by atoms with Gasteiger partial charge in [0.15, 0.2) is 11.5 Å². The molecule has 4 rings (SSSR count). The summed E-state index contributed by atoms with van der Waals surface area (Å²) >= 11 is 1.61. The molecule has 120 valence electrons. The zero-order valence-electron chi connectivity index (χ0n) is 12.9. The Bertz CT molecular complexity index is 949. The maximum absolute atomic E-state index is 5.35. The van der Waals surface area contributed by atoms with Crippen molar-refractivity contribution in [1.82, 2.24) is 19.8 Å². The van der Waals surface area contributed by atoms with Gasteiger partial charge >= 0.3 is 0 Å². The van der Waals surface area contributed by atoms with Gasteiger partial charge in [-0.25, -0.2) is 0 Å². The third kappa shape index (κ3) is 2.85. The summed E-state index contributed by atoms with van der Waals surface area (Å²) in [4.78, 5) is 0. The highest BCUT2D eigenvalue weighted by molar-refractivity contribution is 7.98. The molecule has 0 radical (unpaired) electrons. The Kier molecular flexibility index (Phi) is 3.92. The second-order valence-electron chi connectivity index (χ2n) is 5.06. The van der Waals surface area contributed by atoms with Crippen LogP contribution in [0.3, 0.4) is 0 Å². The minimum atomic E-state index is 0.702. The Hall–Kier alpha value is -2.80. The number of benzene rings is 1. The van der Waals surface area contributed by atoms with E-state index in [0.717, 1.165) is 27.9 Å². The third-order valence-electron chi connectivity index (χ3n) is 3.53. The number of hydrogen-bond acceptors (Lipinski definition) is 6. The predicted molar refractivity (Wildman–Crippen MR) is 91.0 cm³/mol. The first-order valence-corrected chi connectivity index (χ1v) is 8.34. The summed E-state index contributed by atoms with van der Waals surface area (Å²) in [5.74, 6) is 3.15. The van der Waals surface area contributed by atoms with Gasteiger partial charge in [0.05, 0.1) is 19.1 Å². The Morgan fingerprint density at radius 3 is 2.71 bits per heavy atom. The highest BCUT2D eigenvalue weighted by Crippen LogP contribution is 2.24. The van der Waals surface area contributed by atoms with E-state index in [1.54, 1.807) is 29.7 Å². The number of nitrogens with zero attached hydrogens (tertiary/aromatic N) is 4. The van der Waals surface area contributed by atoms with E-state index < -0.39 is 0 Å². The molecule has 0 unspecified atom stereocenters. The Morgan fingerprint density at radius 1 is 1.08 bits per heavy atom. The number of fused-ring (bicyclic) bond motifs is 1. The minimum absolute atomic E-state index is 0.702. The summed E-state index contributed by atoms with van der Waals surface area (Å²) in [6.45, 7) is 0. The van der Waals surface area contributed by atoms with Crippen LogP contribution in [0, 0.1) is 0 Å². The summed E-state index contributed by atoms with van der Waals surface area (Å²) < 4.78 is 12.3. The topological polar surface area (TPSA) is 65.5 Å². The molecule has 0 aliphatic rings. The molecule has 0 bridgehead atoms. The largest absolute Gasteiger partial charge is 0.497 e. The first-order valence-electron chi connectivity index (χ1n) is 7.35. The first-order chi connectivity index (χ1) is 11.8. The van der Waals surface area contributed by atoms with E-state index in [2.05, 4.69) is 15.3 Å². The summed E-state index contributed by atoms with van der Waals surface area (Å²) in [7, 11) is 1.64. The van der Waals surface area contributed by atoms with Gasteiger partial charge in [-0.1, -0.05) is 11.8 Å². The van der Waals surface area contributed by atoms with Gasteiger partial charge in [0.25, 0.3) is 0 Å². The molecule has 3 heterocycles. The molecule has 6 nitrogen and oxygen atoms in total. The van der Waals surface area contributed by atoms with Gasteiger partial charge < -0.3 is 9.15 Å². The van der Waals surface area contributed by atoms with Gasteiger partial charge in [-0.3, -0.25) is 0 Å². The lowest BCUT2D eigenvalue weighted by atomic mass is 10.2. The SMILES string of the molecule is COc1ccc(-c2nnc3ccc(SCc4ccco4)nn23)cc1. The monoisotopic (exact) mass is 338 g/mol. The number of ether oxygens (including phenoxy) is 1. The number of thioether (sulfide) groups is 1. The lowest BCUT2D eigenvalue weighted by Crippen LogP contribution is -1.96. The van der Waals surface area contributed by atoms with Crippen LogP contribution < -0.4 is 4.74 Å².